The number of amides is 2. The molecule has 1 unspecified atom stereocenters. The molecular weight excluding hydrogens is 146 g/mol. The number of hydrogen-bond acceptors (Lipinski definition) is 3. The smallest absolute Gasteiger partial charge is 0.251 e. The predicted octanol–water partition coefficient (Wildman–Crippen LogP) is -1.30. The standard InChI is InChI=1S/C6H7N3O2/c1-3-5(11)8-6-7-2-4(10)9(3)6/h3H,2H2,1H3,(H,7,8,11). The van der Waals surface area contributed by atoms with Gasteiger partial charge < -0.3 is 0 Å². The van der Waals surface area contributed by atoms with E-state index in [1.807, 2.05) is 0 Å². The molecule has 5 nitrogen and oxygen atoms in total. The van der Waals surface area contributed by atoms with E-state index in [0.717, 1.165) is 0 Å². The number of guanidine groups is 1. The second-order valence-corrected chi connectivity index (χ2v) is 2.57. The molecule has 1 N–H and O–H groups in total. The van der Waals surface area contributed by atoms with E-state index < -0.39 is 0 Å². The van der Waals surface area contributed by atoms with Gasteiger partial charge in [-0.25, -0.2) is 4.99 Å². The number of nitrogens with zero attached hydrogens (tertiary/aromatic N) is 2. The highest BCUT2D eigenvalue weighted by Gasteiger charge is 2.40. The fourth-order valence-corrected chi connectivity index (χ4v) is 1.24. The highest BCUT2D eigenvalue weighted by Crippen LogP contribution is 2.12. The van der Waals surface area contributed by atoms with Gasteiger partial charge >= 0.3 is 0 Å². The Kier molecular flexibility index (Phi) is 1.04. The number of carbonyl (C=O) groups is 2. The lowest BCUT2D eigenvalue weighted by molar-refractivity contribution is -0.130. The van der Waals surface area contributed by atoms with Gasteiger partial charge in [-0.3, -0.25) is 19.8 Å². The lowest BCUT2D eigenvalue weighted by atomic mass is 10.3. The monoisotopic (exact) mass is 153 g/mol. The minimum absolute atomic E-state index is 0.106. The first-order chi connectivity index (χ1) is 5.20. The summed E-state index contributed by atoms with van der Waals surface area (Å²) in [6.07, 6.45) is 0. The molecular formula is C6H7N3O2. The van der Waals surface area contributed by atoms with Gasteiger partial charge in [0.15, 0.2) is 0 Å². The minimum atomic E-state index is -0.385. The number of hydrogen-bond donors (Lipinski definition) is 1. The minimum Gasteiger partial charge on any atom is -0.294 e. The summed E-state index contributed by atoms with van der Waals surface area (Å²) >= 11 is 0. The third-order valence-electron chi connectivity index (χ3n) is 1.86. The van der Waals surface area contributed by atoms with Crippen LogP contribution in [-0.4, -0.2) is 35.3 Å². The van der Waals surface area contributed by atoms with Gasteiger partial charge in [-0.1, -0.05) is 0 Å². The molecule has 11 heavy (non-hydrogen) atoms. The van der Waals surface area contributed by atoms with Crippen LogP contribution in [0.1, 0.15) is 6.92 Å². The molecule has 58 valence electrons. The first-order valence-electron chi connectivity index (χ1n) is 3.37. The average Bonchev–Trinajstić information content (AvgIpc) is 2.41. The maximum atomic E-state index is 11.0. The first-order valence-corrected chi connectivity index (χ1v) is 3.37. The van der Waals surface area contributed by atoms with E-state index in [2.05, 4.69) is 10.3 Å². The summed E-state index contributed by atoms with van der Waals surface area (Å²) in [5, 5.41) is 2.51. The van der Waals surface area contributed by atoms with Crippen LogP contribution in [0.15, 0.2) is 4.99 Å². The fourth-order valence-electron chi connectivity index (χ4n) is 1.24. The second-order valence-electron chi connectivity index (χ2n) is 2.57. The maximum absolute atomic E-state index is 11.0. The zero-order valence-electron chi connectivity index (χ0n) is 6.00. The van der Waals surface area contributed by atoms with Crippen molar-refractivity contribution < 1.29 is 9.59 Å². The van der Waals surface area contributed by atoms with E-state index in [0.29, 0.717) is 5.96 Å². The van der Waals surface area contributed by atoms with Gasteiger partial charge in [0, 0.05) is 0 Å². The third kappa shape index (κ3) is 0.675. The second kappa shape index (κ2) is 1.81. The third-order valence-corrected chi connectivity index (χ3v) is 1.86. The van der Waals surface area contributed by atoms with Crippen LogP contribution in [0.4, 0.5) is 0 Å². The quantitative estimate of drug-likeness (QED) is 0.470. The summed E-state index contributed by atoms with van der Waals surface area (Å²) in [4.78, 5) is 27.2. The summed E-state index contributed by atoms with van der Waals surface area (Å²) in [5.74, 6) is 0.148. The maximum Gasteiger partial charge on any atom is 0.251 e. The molecule has 0 radical (unpaired) electrons. The van der Waals surface area contributed by atoms with Gasteiger partial charge in [0.2, 0.25) is 11.9 Å². The Morgan fingerprint density at radius 3 is 3.00 bits per heavy atom. The molecule has 2 aliphatic rings. The van der Waals surface area contributed by atoms with Crippen LogP contribution < -0.4 is 5.32 Å². The van der Waals surface area contributed by atoms with Crippen molar-refractivity contribution in [2.45, 2.75) is 13.0 Å². The molecule has 1 fully saturated rings. The summed E-state index contributed by atoms with van der Waals surface area (Å²) in [6.45, 7) is 1.85. The van der Waals surface area contributed by atoms with Crippen molar-refractivity contribution in [2.75, 3.05) is 6.54 Å². The lowest BCUT2D eigenvalue weighted by Crippen LogP contribution is -2.35. The van der Waals surface area contributed by atoms with Crippen molar-refractivity contribution in [1.29, 1.82) is 0 Å². The van der Waals surface area contributed by atoms with Crippen molar-refractivity contribution in [2.24, 2.45) is 4.99 Å². The van der Waals surface area contributed by atoms with Crippen LogP contribution in [0, 0.1) is 0 Å². The van der Waals surface area contributed by atoms with Crippen molar-refractivity contribution in [3.8, 4) is 0 Å². The molecule has 2 heterocycles. The van der Waals surface area contributed by atoms with Gasteiger partial charge in [0.25, 0.3) is 5.91 Å². The summed E-state index contributed by atoms with van der Waals surface area (Å²) in [5.41, 5.74) is 0. The van der Waals surface area contributed by atoms with Gasteiger partial charge in [0.05, 0.1) is 0 Å². The average molecular weight is 153 g/mol. The Bertz CT molecular complexity index is 271. The Morgan fingerprint density at radius 1 is 1.64 bits per heavy atom. The van der Waals surface area contributed by atoms with Crippen LogP contribution in [0.2, 0.25) is 0 Å². The molecule has 5 heteroatoms. The molecule has 1 saturated heterocycles. The van der Waals surface area contributed by atoms with Crippen LogP contribution in [-0.2, 0) is 9.59 Å². The number of nitrogens with one attached hydrogen (secondary N) is 1. The van der Waals surface area contributed by atoms with Gasteiger partial charge in [-0.15, -0.1) is 0 Å². The van der Waals surface area contributed by atoms with Crippen LogP contribution in [0.5, 0.6) is 0 Å². The van der Waals surface area contributed by atoms with Crippen molar-refractivity contribution in [1.82, 2.24) is 10.2 Å². The molecule has 2 aliphatic heterocycles. The normalized spacial score (nSPS) is 28.6. The Balaban J connectivity index is 2.36. The number of carbonyl (C=O) groups excluding carboxylic acids is 2. The zero-order chi connectivity index (χ0) is 8.01. The highest BCUT2D eigenvalue weighted by molar-refractivity contribution is 6.16. The van der Waals surface area contributed by atoms with Gasteiger partial charge in [-0.05, 0) is 6.92 Å². The molecule has 1 atom stereocenters. The fraction of sp³-hybridized carbons (Fsp3) is 0.500. The van der Waals surface area contributed by atoms with Crippen molar-refractivity contribution >= 4 is 17.8 Å². The van der Waals surface area contributed by atoms with E-state index in [-0.39, 0.29) is 24.4 Å². The molecule has 0 aliphatic carbocycles. The molecule has 0 aromatic heterocycles. The van der Waals surface area contributed by atoms with E-state index in [1.165, 1.54) is 4.90 Å². The SMILES string of the molecule is CC1C(=O)NC2=NCC(=O)N21. The Hall–Kier alpha value is -1.39. The molecule has 0 aromatic rings. The summed E-state index contributed by atoms with van der Waals surface area (Å²) < 4.78 is 0. The van der Waals surface area contributed by atoms with E-state index >= 15 is 0 Å². The largest absolute Gasteiger partial charge is 0.294 e. The lowest BCUT2D eigenvalue weighted by Gasteiger charge is -2.11. The molecule has 0 aromatic carbocycles. The number of rotatable bonds is 0. The summed E-state index contributed by atoms with van der Waals surface area (Å²) in [7, 11) is 0. The van der Waals surface area contributed by atoms with Gasteiger partial charge in [0.1, 0.15) is 12.6 Å². The molecule has 2 rings (SSSR count). The number of aliphatic imine (C=N–C) groups is 1. The number of fused-ring (bicyclic) bond motifs is 1. The molecule has 0 spiro atoms. The van der Waals surface area contributed by atoms with Crippen LogP contribution in [0.25, 0.3) is 0 Å². The van der Waals surface area contributed by atoms with E-state index in [9.17, 15) is 9.59 Å². The van der Waals surface area contributed by atoms with E-state index in [4.69, 9.17) is 0 Å². The zero-order valence-corrected chi connectivity index (χ0v) is 6.00. The van der Waals surface area contributed by atoms with E-state index in [1.54, 1.807) is 6.92 Å². The molecule has 2 amide bonds. The molecule has 0 bridgehead atoms. The van der Waals surface area contributed by atoms with Crippen molar-refractivity contribution in [3.63, 3.8) is 0 Å². The van der Waals surface area contributed by atoms with Gasteiger partial charge in [-0.2, -0.15) is 0 Å². The highest BCUT2D eigenvalue weighted by atomic mass is 16.2. The van der Waals surface area contributed by atoms with Crippen LogP contribution >= 0.6 is 0 Å². The first kappa shape index (κ1) is 6.33. The predicted molar refractivity (Wildman–Crippen MR) is 36.8 cm³/mol. The Morgan fingerprint density at radius 2 is 2.36 bits per heavy atom. The summed E-state index contributed by atoms with van der Waals surface area (Å²) in [6, 6.07) is -0.385. The van der Waals surface area contributed by atoms with Crippen LogP contribution in [0.3, 0.4) is 0 Å². The topological polar surface area (TPSA) is 61.8 Å². The Labute approximate surface area is 63.1 Å². The van der Waals surface area contributed by atoms with Crippen molar-refractivity contribution in [3.05, 3.63) is 0 Å². The molecule has 0 saturated carbocycles.